The van der Waals surface area contributed by atoms with Crippen LogP contribution in [0.3, 0.4) is 0 Å². The molecule has 2 heterocycles. The molecule has 0 saturated carbocycles. The van der Waals surface area contributed by atoms with Crippen LogP contribution in [0.15, 0.2) is 77.9 Å². The highest BCUT2D eigenvalue weighted by Crippen LogP contribution is 2.26. The zero-order chi connectivity index (χ0) is 25.5. The van der Waals surface area contributed by atoms with E-state index in [2.05, 4.69) is 9.98 Å². The van der Waals surface area contributed by atoms with Crippen molar-refractivity contribution in [1.29, 1.82) is 0 Å². The van der Waals surface area contributed by atoms with Crippen molar-refractivity contribution >= 4 is 17.2 Å². The normalized spacial score (nSPS) is 13.8. The van der Waals surface area contributed by atoms with Crippen LogP contribution in [0.1, 0.15) is 27.2 Å². The number of aliphatic hydroxyl groups excluding tert-OH is 1. The number of amides is 1. The van der Waals surface area contributed by atoms with Crippen LogP contribution in [-0.4, -0.2) is 66.1 Å². The lowest BCUT2D eigenvalue weighted by Gasteiger charge is -2.26. The molecule has 0 unspecified atom stereocenters. The molecule has 4 rings (SSSR count). The van der Waals surface area contributed by atoms with Crippen LogP contribution >= 0.6 is 0 Å². The highest BCUT2D eigenvalue weighted by molar-refractivity contribution is 6.19. The Morgan fingerprint density at radius 3 is 2.64 bits per heavy atom. The van der Waals surface area contributed by atoms with Crippen LogP contribution in [0.25, 0.3) is 5.57 Å². The zero-order valence-electron chi connectivity index (χ0n) is 19.9. The second kappa shape index (κ2) is 11.8. The second-order valence-electron chi connectivity index (χ2n) is 8.47. The smallest absolute Gasteiger partial charge is 0.254 e. The largest absolute Gasteiger partial charge is 0.389 e. The van der Waals surface area contributed by atoms with Gasteiger partial charge in [-0.1, -0.05) is 24.3 Å². The predicted octanol–water partition coefficient (Wildman–Crippen LogP) is 3.94. The number of carbonyl (C=O) groups is 1. The standard InChI is InChI=1S/C28H27F2N3O3/c1-36-18-23(34)17-33(14-12-22-5-2-3-13-31-22)28(35)24-6-4-7-25(30)27(24)26-15-20(16-32-26)19-8-10-21(29)11-9-19/h2-11,13,15,23,34H,12,14,16-18H2,1H3/t23-/m0/s1. The number of allylic oxidation sites excluding steroid dienone is 1. The third-order valence-electron chi connectivity index (χ3n) is 5.89. The number of rotatable bonds is 10. The molecule has 1 aromatic heterocycles. The van der Waals surface area contributed by atoms with E-state index in [1.165, 1.54) is 36.3 Å². The summed E-state index contributed by atoms with van der Waals surface area (Å²) in [7, 11) is 1.47. The number of carbonyl (C=O) groups excluding carboxylic acids is 1. The maximum Gasteiger partial charge on any atom is 0.254 e. The van der Waals surface area contributed by atoms with Gasteiger partial charge in [0.25, 0.3) is 5.91 Å². The summed E-state index contributed by atoms with van der Waals surface area (Å²) in [6, 6.07) is 15.9. The molecule has 3 aromatic rings. The van der Waals surface area contributed by atoms with Crippen LogP contribution in [0.5, 0.6) is 0 Å². The van der Waals surface area contributed by atoms with Crippen molar-refractivity contribution in [3.05, 3.63) is 107 Å². The number of benzene rings is 2. The Morgan fingerprint density at radius 2 is 1.92 bits per heavy atom. The van der Waals surface area contributed by atoms with Crippen LogP contribution in [0.4, 0.5) is 8.78 Å². The van der Waals surface area contributed by atoms with Crippen LogP contribution in [0.2, 0.25) is 0 Å². The Morgan fingerprint density at radius 1 is 1.11 bits per heavy atom. The number of hydrogen-bond donors (Lipinski definition) is 1. The fourth-order valence-corrected chi connectivity index (χ4v) is 4.12. The molecule has 1 aliphatic rings. The number of aliphatic hydroxyl groups is 1. The maximum atomic E-state index is 15.1. The Hall–Kier alpha value is -3.75. The van der Waals surface area contributed by atoms with E-state index in [-0.39, 0.29) is 36.6 Å². The number of hydrogen-bond acceptors (Lipinski definition) is 5. The van der Waals surface area contributed by atoms with Gasteiger partial charge in [-0.15, -0.1) is 0 Å². The summed E-state index contributed by atoms with van der Waals surface area (Å²) in [5, 5.41) is 10.4. The van der Waals surface area contributed by atoms with Crippen molar-refractivity contribution in [1.82, 2.24) is 9.88 Å². The zero-order valence-corrected chi connectivity index (χ0v) is 19.9. The van der Waals surface area contributed by atoms with Crippen molar-refractivity contribution in [2.24, 2.45) is 4.99 Å². The van der Waals surface area contributed by atoms with E-state index in [1.54, 1.807) is 30.5 Å². The number of halogens is 2. The summed E-state index contributed by atoms with van der Waals surface area (Å²) < 4.78 is 33.5. The number of aliphatic imine (C=N–C) groups is 1. The molecule has 2 aromatic carbocycles. The molecule has 0 aliphatic carbocycles. The lowest BCUT2D eigenvalue weighted by Crippen LogP contribution is -2.41. The molecule has 36 heavy (non-hydrogen) atoms. The van der Waals surface area contributed by atoms with Crippen molar-refractivity contribution in [3.63, 3.8) is 0 Å². The van der Waals surface area contributed by atoms with Gasteiger partial charge in [0.2, 0.25) is 0 Å². The average Bonchev–Trinajstić information content (AvgIpc) is 3.37. The quantitative estimate of drug-likeness (QED) is 0.466. The molecule has 1 N–H and O–H groups in total. The van der Waals surface area contributed by atoms with E-state index < -0.39 is 17.8 Å². The van der Waals surface area contributed by atoms with Crippen molar-refractivity contribution < 1.29 is 23.4 Å². The first-order chi connectivity index (χ1) is 17.5. The molecular formula is C28H27F2N3O3. The second-order valence-corrected chi connectivity index (χ2v) is 8.47. The summed E-state index contributed by atoms with van der Waals surface area (Å²) in [6.45, 7) is 0.632. The molecule has 0 saturated heterocycles. The third-order valence-corrected chi connectivity index (χ3v) is 5.89. The fraction of sp³-hybridized carbons (Fsp3) is 0.250. The Kier molecular flexibility index (Phi) is 8.30. The molecular weight excluding hydrogens is 464 g/mol. The molecule has 8 heteroatoms. The number of ether oxygens (including phenoxy) is 1. The van der Waals surface area contributed by atoms with Gasteiger partial charge in [0.05, 0.1) is 30.5 Å². The summed E-state index contributed by atoms with van der Waals surface area (Å²) in [6.07, 6.45) is 2.95. The van der Waals surface area contributed by atoms with Crippen LogP contribution < -0.4 is 0 Å². The topological polar surface area (TPSA) is 75.0 Å². The van der Waals surface area contributed by atoms with E-state index >= 15 is 4.39 Å². The van der Waals surface area contributed by atoms with Gasteiger partial charge >= 0.3 is 0 Å². The van der Waals surface area contributed by atoms with E-state index in [0.29, 0.717) is 18.7 Å². The molecule has 1 atom stereocenters. The van der Waals surface area contributed by atoms with Gasteiger partial charge in [-0.05, 0) is 53.6 Å². The average molecular weight is 492 g/mol. The van der Waals surface area contributed by atoms with Gasteiger partial charge in [0, 0.05) is 44.1 Å². The fourth-order valence-electron chi connectivity index (χ4n) is 4.12. The van der Waals surface area contributed by atoms with Gasteiger partial charge in [0.15, 0.2) is 0 Å². The summed E-state index contributed by atoms with van der Waals surface area (Å²) in [4.78, 5) is 24.0. The number of pyridine rings is 1. The number of methoxy groups -OCH3 is 1. The molecule has 0 radical (unpaired) electrons. The van der Waals surface area contributed by atoms with E-state index in [1.807, 2.05) is 18.2 Å². The first kappa shape index (κ1) is 25.3. The van der Waals surface area contributed by atoms with Gasteiger partial charge in [-0.25, -0.2) is 8.78 Å². The Balaban J connectivity index is 1.63. The van der Waals surface area contributed by atoms with E-state index in [4.69, 9.17) is 4.74 Å². The number of aromatic nitrogens is 1. The molecule has 0 fully saturated rings. The van der Waals surface area contributed by atoms with Gasteiger partial charge in [-0.2, -0.15) is 0 Å². The van der Waals surface area contributed by atoms with Crippen LogP contribution in [0, 0.1) is 11.6 Å². The predicted molar refractivity (Wildman–Crippen MR) is 134 cm³/mol. The number of nitrogens with zero attached hydrogens (tertiary/aromatic N) is 3. The SMILES string of the molecule is COC[C@@H](O)CN(CCc1ccccn1)C(=O)c1cccc(F)c1C1=NCC(c2ccc(F)cc2)=C1. The lowest BCUT2D eigenvalue weighted by atomic mass is 9.98. The summed E-state index contributed by atoms with van der Waals surface area (Å²) in [5.74, 6) is -1.35. The minimum atomic E-state index is -0.909. The molecule has 1 amide bonds. The summed E-state index contributed by atoms with van der Waals surface area (Å²) >= 11 is 0. The van der Waals surface area contributed by atoms with Crippen molar-refractivity contribution in [2.45, 2.75) is 12.5 Å². The highest BCUT2D eigenvalue weighted by Gasteiger charge is 2.26. The monoisotopic (exact) mass is 491 g/mol. The Bertz CT molecular complexity index is 1260. The Labute approximate surface area is 208 Å². The molecule has 0 spiro atoms. The molecule has 0 bridgehead atoms. The minimum Gasteiger partial charge on any atom is -0.389 e. The third kappa shape index (κ3) is 6.08. The van der Waals surface area contributed by atoms with Gasteiger partial charge in [0.1, 0.15) is 11.6 Å². The van der Waals surface area contributed by atoms with Gasteiger partial charge in [-0.3, -0.25) is 14.8 Å². The molecule has 186 valence electrons. The lowest BCUT2D eigenvalue weighted by molar-refractivity contribution is 0.0330. The van der Waals surface area contributed by atoms with Crippen molar-refractivity contribution in [2.75, 3.05) is 33.4 Å². The van der Waals surface area contributed by atoms with E-state index in [0.717, 1.165) is 16.8 Å². The van der Waals surface area contributed by atoms with Crippen molar-refractivity contribution in [3.8, 4) is 0 Å². The molecule has 1 aliphatic heterocycles. The first-order valence-corrected chi connectivity index (χ1v) is 11.6. The molecule has 6 nitrogen and oxygen atoms in total. The maximum absolute atomic E-state index is 15.1. The minimum absolute atomic E-state index is 0.0125. The summed E-state index contributed by atoms with van der Waals surface area (Å²) in [5.41, 5.74) is 2.97. The van der Waals surface area contributed by atoms with E-state index in [9.17, 15) is 14.3 Å². The van der Waals surface area contributed by atoms with Gasteiger partial charge < -0.3 is 14.7 Å². The first-order valence-electron chi connectivity index (χ1n) is 11.6. The van der Waals surface area contributed by atoms with Crippen LogP contribution in [-0.2, 0) is 11.2 Å². The highest BCUT2D eigenvalue weighted by atomic mass is 19.1.